The first-order chi connectivity index (χ1) is 5.72. The average Bonchev–Trinajstić information content (AvgIpc) is 2.47. The highest BCUT2D eigenvalue weighted by molar-refractivity contribution is 5.77. The Hall–Kier alpha value is -0.570. The topological polar surface area (TPSA) is 41.1 Å². The second-order valence-electron chi connectivity index (χ2n) is 3.67. The molecule has 1 rings (SSSR count). The molecule has 0 aromatic carbocycles. The van der Waals surface area contributed by atoms with Crippen molar-refractivity contribution in [1.29, 1.82) is 0 Å². The van der Waals surface area contributed by atoms with Crippen LogP contribution in [0.15, 0.2) is 0 Å². The highest BCUT2D eigenvalue weighted by Gasteiger charge is 2.20. The average molecular weight is 170 g/mol. The zero-order chi connectivity index (χ0) is 8.97. The maximum Gasteiger partial charge on any atom is 0.233 e. The van der Waals surface area contributed by atoms with E-state index in [1.165, 1.54) is 19.3 Å². The molecule has 3 heteroatoms. The van der Waals surface area contributed by atoms with Crippen molar-refractivity contribution in [2.24, 2.45) is 5.92 Å². The molecule has 0 radical (unpaired) electrons. The zero-order valence-corrected chi connectivity index (χ0v) is 7.89. The van der Waals surface area contributed by atoms with Crippen LogP contribution in [-0.2, 0) is 4.79 Å². The van der Waals surface area contributed by atoms with E-state index in [1.54, 1.807) is 7.05 Å². The third-order valence-corrected chi connectivity index (χ3v) is 2.52. The van der Waals surface area contributed by atoms with E-state index in [9.17, 15) is 4.79 Å². The molecule has 70 valence electrons. The molecule has 1 amide bonds. The predicted molar refractivity (Wildman–Crippen MR) is 48.9 cm³/mol. The van der Waals surface area contributed by atoms with Gasteiger partial charge in [0.1, 0.15) is 0 Å². The SMILES string of the molecule is CNC(=O)CNC1CCC(C)C1. The summed E-state index contributed by atoms with van der Waals surface area (Å²) in [6, 6.07) is 0.567. The summed E-state index contributed by atoms with van der Waals surface area (Å²) in [5, 5.41) is 5.85. The minimum Gasteiger partial charge on any atom is -0.358 e. The van der Waals surface area contributed by atoms with Crippen LogP contribution in [0.4, 0.5) is 0 Å². The van der Waals surface area contributed by atoms with Crippen LogP contribution in [0.2, 0.25) is 0 Å². The van der Waals surface area contributed by atoms with Gasteiger partial charge in [0.05, 0.1) is 6.54 Å². The van der Waals surface area contributed by atoms with Gasteiger partial charge in [-0.3, -0.25) is 4.79 Å². The molecule has 0 saturated heterocycles. The van der Waals surface area contributed by atoms with Gasteiger partial charge in [0.15, 0.2) is 0 Å². The minimum atomic E-state index is 0.0783. The molecule has 1 aliphatic rings. The first kappa shape index (κ1) is 9.52. The highest BCUT2D eigenvalue weighted by Crippen LogP contribution is 2.24. The van der Waals surface area contributed by atoms with Gasteiger partial charge in [-0.2, -0.15) is 0 Å². The molecule has 1 aliphatic carbocycles. The summed E-state index contributed by atoms with van der Waals surface area (Å²) in [5.74, 6) is 0.904. The van der Waals surface area contributed by atoms with E-state index in [1.807, 2.05) is 0 Å². The summed E-state index contributed by atoms with van der Waals surface area (Å²) in [6.07, 6.45) is 3.74. The third kappa shape index (κ3) is 2.81. The van der Waals surface area contributed by atoms with Crippen LogP contribution in [0.5, 0.6) is 0 Å². The molecule has 2 unspecified atom stereocenters. The predicted octanol–water partition coefficient (Wildman–Crippen LogP) is 0.511. The molecular formula is C9H18N2O. The number of hydrogen-bond donors (Lipinski definition) is 2. The molecule has 2 atom stereocenters. The second kappa shape index (κ2) is 4.45. The lowest BCUT2D eigenvalue weighted by Gasteiger charge is -2.10. The van der Waals surface area contributed by atoms with Crippen LogP contribution in [-0.4, -0.2) is 25.5 Å². The van der Waals surface area contributed by atoms with Crippen LogP contribution in [0.1, 0.15) is 26.2 Å². The Morgan fingerprint density at radius 1 is 1.50 bits per heavy atom. The number of rotatable bonds is 3. The largest absolute Gasteiger partial charge is 0.358 e. The molecule has 0 heterocycles. The van der Waals surface area contributed by atoms with Gasteiger partial charge in [-0.05, 0) is 25.2 Å². The van der Waals surface area contributed by atoms with Crippen molar-refractivity contribution in [3.63, 3.8) is 0 Å². The Bertz CT molecular complexity index is 159. The first-order valence-corrected chi connectivity index (χ1v) is 4.66. The number of likely N-dealkylation sites (N-methyl/N-ethyl adjacent to an activating group) is 1. The first-order valence-electron chi connectivity index (χ1n) is 4.66. The van der Waals surface area contributed by atoms with Crippen molar-refractivity contribution in [1.82, 2.24) is 10.6 Å². The lowest BCUT2D eigenvalue weighted by atomic mass is 10.1. The molecule has 0 aromatic rings. The fraction of sp³-hybridized carbons (Fsp3) is 0.889. The van der Waals surface area contributed by atoms with E-state index < -0.39 is 0 Å². The molecule has 0 aromatic heterocycles. The van der Waals surface area contributed by atoms with Gasteiger partial charge in [-0.1, -0.05) is 6.92 Å². The van der Waals surface area contributed by atoms with E-state index in [-0.39, 0.29) is 5.91 Å². The monoisotopic (exact) mass is 170 g/mol. The van der Waals surface area contributed by atoms with Crippen LogP contribution in [0, 0.1) is 5.92 Å². The van der Waals surface area contributed by atoms with Gasteiger partial charge < -0.3 is 10.6 Å². The fourth-order valence-electron chi connectivity index (χ4n) is 1.72. The third-order valence-electron chi connectivity index (χ3n) is 2.52. The van der Waals surface area contributed by atoms with Gasteiger partial charge in [-0.25, -0.2) is 0 Å². The van der Waals surface area contributed by atoms with Crippen LogP contribution < -0.4 is 10.6 Å². The number of carbonyl (C=O) groups excluding carboxylic acids is 1. The standard InChI is InChI=1S/C9H18N2O/c1-7-3-4-8(5-7)11-6-9(12)10-2/h7-8,11H,3-6H2,1-2H3,(H,10,12). The van der Waals surface area contributed by atoms with Crippen LogP contribution in [0.3, 0.4) is 0 Å². The Balaban J connectivity index is 2.11. The zero-order valence-electron chi connectivity index (χ0n) is 7.89. The van der Waals surface area contributed by atoms with Crippen molar-refractivity contribution in [3.8, 4) is 0 Å². The highest BCUT2D eigenvalue weighted by atomic mass is 16.1. The van der Waals surface area contributed by atoms with Crippen molar-refractivity contribution < 1.29 is 4.79 Å². The summed E-state index contributed by atoms with van der Waals surface area (Å²) in [7, 11) is 1.67. The Kier molecular flexibility index (Phi) is 3.53. The number of carbonyl (C=O) groups is 1. The molecular weight excluding hydrogens is 152 g/mol. The van der Waals surface area contributed by atoms with E-state index in [0.29, 0.717) is 12.6 Å². The minimum absolute atomic E-state index is 0.0783. The van der Waals surface area contributed by atoms with Gasteiger partial charge in [0.25, 0.3) is 0 Å². The maximum atomic E-state index is 10.9. The molecule has 12 heavy (non-hydrogen) atoms. The molecule has 0 bridgehead atoms. The van der Waals surface area contributed by atoms with Crippen molar-refractivity contribution >= 4 is 5.91 Å². The molecule has 1 saturated carbocycles. The summed E-state index contributed by atoms with van der Waals surface area (Å²) >= 11 is 0. The summed E-state index contributed by atoms with van der Waals surface area (Å²) in [4.78, 5) is 10.9. The Morgan fingerprint density at radius 2 is 2.25 bits per heavy atom. The van der Waals surface area contributed by atoms with E-state index >= 15 is 0 Å². The molecule has 3 nitrogen and oxygen atoms in total. The Morgan fingerprint density at radius 3 is 2.75 bits per heavy atom. The summed E-state index contributed by atoms with van der Waals surface area (Å²) in [6.45, 7) is 2.73. The number of amides is 1. The molecule has 1 fully saturated rings. The molecule has 0 spiro atoms. The van der Waals surface area contributed by atoms with Crippen LogP contribution in [0.25, 0.3) is 0 Å². The summed E-state index contributed by atoms with van der Waals surface area (Å²) in [5.41, 5.74) is 0. The second-order valence-corrected chi connectivity index (χ2v) is 3.67. The van der Waals surface area contributed by atoms with Gasteiger partial charge in [-0.15, -0.1) is 0 Å². The smallest absolute Gasteiger partial charge is 0.233 e. The quantitative estimate of drug-likeness (QED) is 0.648. The van der Waals surface area contributed by atoms with E-state index in [4.69, 9.17) is 0 Å². The molecule has 0 aliphatic heterocycles. The maximum absolute atomic E-state index is 10.9. The van der Waals surface area contributed by atoms with Gasteiger partial charge in [0.2, 0.25) is 5.91 Å². The van der Waals surface area contributed by atoms with Crippen LogP contribution >= 0.6 is 0 Å². The summed E-state index contributed by atoms with van der Waals surface area (Å²) < 4.78 is 0. The van der Waals surface area contributed by atoms with E-state index in [0.717, 1.165) is 5.92 Å². The number of hydrogen-bond acceptors (Lipinski definition) is 2. The van der Waals surface area contributed by atoms with E-state index in [2.05, 4.69) is 17.6 Å². The normalized spacial score (nSPS) is 28.8. The fourth-order valence-corrected chi connectivity index (χ4v) is 1.72. The lowest BCUT2D eigenvalue weighted by Crippen LogP contribution is -2.36. The van der Waals surface area contributed by atoms with Crippen molar-refractivity contribution in [2.75, 3.05) is 13.6 Å². The lowest BCUT2D eigenvalue weighted by molar-refractivity contribution is -0.119. The van der Waals surface area contributed by atoms with Crippen molar-refractivity contribution in [2.45, 2.75) is 32.2 Å². The van der Waals surface area contributed by atoms with Gasteiger partial charge >= 0.3 is 0 Å². The Labute approximate surface area is 73.9 Å². The molecule has 2 N–H and O–H groups in total. The van der Waals surface area contributed by atoms with Gasteiger partial charge in [0, 0.05) is 13.1 Å². The number of nitrogens with one attached hydrogen (secondary N) is 2. The van der Waals surface area contributed by atoms with Crippen molar-refractivity contribution in [3.05, 3.63) is 0 Å².